The summed E-state index contributed by atoms with van der Waals surface area (Å²) in [6.45, 7) is 3.96. The Morgan fingerprint density at radius 1 is 1.18 bits per heavy atom. The average Bonchev–Trinajstić information content (AvgIpc) is 2.22. The molecule has 0 atom stereocenters. The predicted octanol–water partition coefficient (Wildman–Crippen LogP) is 2.33. The van der Waals surface area contributed by atoms with Gasteiger partial charge >= 0.3 is 11.9 Å². The summed E-state index contributed by atoms with van der Waals surface area (Å²) in [4.78, 5) is 21.9. The number of benzene rings is 1. The van der Waals surface area contributed by atoms with Crippen molar-refractivity contribution in [2.24, 2.45) is 0 Å². The van der Waals surface area contributed by atoms with E-state index in [0.29, 0.717) is 12.0 Å². The molecule has 0 aliphatic heterocycles. The number of hydrogen-bond acceptors (Lipinski definition) is 3. The van der Waals surface area contributed by atoms with E-state index in [1.165, 1.54) is 0 Å². The number of carboxylic acids is 1. The Balaban J connectivity index is 2.49. The monoisotopic (exact) mass is 236 g/mol. The number of carbonyl (C=O) groups is 2. The summed E-state index contributed by atoms with van der Waals surface area (Å²) in [7, 11) is 0. The largest absolute Gasteiger partial charge is 0.481 e. The van der Waals surface area contributed by atoms with Crippen LogP contribution in [0.2, 0.25) is 0 Å². The second-order valence-corrected chi connectivity index (χ2v) is 4.01. The van der Waals surface area contributed by atoms with Crippen LogP contribution in [0.1, 0.15) is 34.3 Å². The number of esters is 1. The van der Waals surface area contributed by atoms with Crippen LogP contribution in [0.4, 0.5) is 0 Å². The first-order valence-electron chi connectivity index (χ1n) is 5.46. The highest BCUT2D eigenvalue weighted by atomic mass is 16.5. The molecule has 0 spiro atoms. The number of hydrogen-bond donors (Lipinski definition) is 1. The zero-order valence-electron chi connectivity index (χ0n) is 10.0. The first-order valence-corrected chi connectivity index (χ1v) is 5.46. The van der Waals surface area contributed by atoms with Crippen LogP contribution in [-0.2, 0) is 9.53 Å². The SMILES string of the molecule is Cc1cc(C)cc(C(=O)OCCCC(=O)O)c1. The maximum atomic E-state index is 11.6. The van der Waals surface area contributed by atoms with Crippen molar-refractivity contribution in [2.75, 3.05) is 6.61 Å². The molecule has 0 heterocycles. The Morgan fingerprint density at radius 3 is 2.29 bits per heavy atom. The maximum Gasteiger partial charge on any atom is 0.338 e. The minimum atomic E-state index is -0.882. The Kier molecular flexibility index (Phi) is 4.69. The number of carboxylic acid groups (broad SMARTS) is 1. The van der Waals surface area contributed by atoms with Crippen molar-refractivity contribution >= 4 is 11.9 Å². The standard InChI is InChI=1S/C13H16O4/c1-9-6-10(2)8-11(7-9)13(16)17-5-3-4-12(14)15/h6-8H,3-5H2,1-2H3,(H,14,15). The molecule has 0 fully saturated rings. The predicted molar refractivity (Wildman–Crippen MR) is 63.1 cm³/mol. The van der Waals surface area contributed by atoms with E-state index in [0.717, 1.165) is 11.1 Å². The summed E-state index contributed by atoms with van der Waals surface area (Å²) in [6, 6.07) is 5.49. The van der Waals surface area contributed by atoms with E-state index < -0.39 is 11.9 Å². The molecule has 0 aliphatic carbocycles. The lowest BCUT2D eigenvalue weighted by Crippen LogP contribution is -2.08. The van der Waals surface area contributed by atoms with Crippen molar-refractivity contribution in [3.8, 4) is 0 Å². The van der Waals surface area contributed by atoms with E-state index >= 15 is 0 Å². The van der Waals surface area contributed by atoms with Gasteiger partial charge in [0, 0.05) is 6.42 Å². The fraction of sp³-hybridized carbons (Fsp3) is 0.385. The van der Waals surface area contributed by atoms with Crippen LogP contribution < -0.4 is 0 Å². The first kappa shape index (κ1) is 13.2. The van der Waals surface area contributed by atoms with E-state index in [-0.39, 0.29) is 13.0 Å². The number of aryl methyl sites for hydroxylation is 2. The highest BCUT2D eigenvalue weighted by Crippen LogP contribution is 2.10. The summed E-state index contributed by atoms with van der Waals surface area (Å²) < 4.78 is 4.99. The molecule has 0 radical (unpaired) electrons. The molecule has 1 aromatic rings. The van der Waals surface area contributed by atoms with Gasteiger partial charge in [-0.1, -0.05) is 17.2 Å². The van der Waals surface area contributed by atoms with Gasteiger partial charge in [-0.3, -0.25) is 4.79 Å². The molecule has 0 saturated carbocycles. The van der Waals surface area contributed by atoms with Gasteiger partial charge in [-0.15, -0.1) is 0 Å². The topological polar surface area (TPSA) is 63.6 Å². The van der Waals surface area contributed by atoms with Gasteiger partial charge < -0.3 is 9.84 Å². The summed E-state index contributed by atoms with van der Waals surface area (Å²) >= 11 is 0. The molecule has 0 unspecified atom stereocenters. The van der Waals surface area contributed by atoms with Gasteiger partial charge in [-0.05, 0) is 32.4 Å². The lowest BCUT2D eigenvalue weighted by atomic mass is 10.1. The molecule has 0 saturated heterocycles. The zero-order valence-corrected chi connectivity index (χ0v) is 10.0. The Hall–Kier alpha value is -1.84. The van der Waals surface area contributed by atoms with Gasteiger partial charge in [0.1, 0.15) is 0 Å². The lowest BCUT2D eigenvalue weighted by molar-refractivity contribution is -0.137. The molecular weight excluding hydrogens is 220 g/mol. The van der Waals surface area contributed by atoms with Crippen molar-refractivity contribution in [2.45, 2.75) is 26.7 Å². The highest BCUT2D eigenvalue weighted by molar-refractivity contribution is 5.89. The Labute approximate surface area is 100 Å². The molecule has 0 aliphatic rings. The van der Waals surface area contributed by atoms with Crippen LogP contribution in [-0.4, -0.2) is 23.7 Å². The molecule has 4 nitrogen and oxygen atoms in total. The lowest BCUT2D eigenvalue weighted by Gasteiger charge is -2.05. The van der Waals surface area contributed by atoms with E-state index in [1.807, 2.05) is 19.9 Å². The minimum Gasteiger partial charge on any atom is -0.481 e. The molecule has 1 aromatic carbocycles. The van der Waals surface area contributed by atoms with Gasteiger partial charge in [-0.25, -0.2) is 4.79 Å². The fourth-order valence-corrected chi connectivity index (χ4v) is 1.56. The maximum absolute atomic E-state index is 11.6. The van der Waals surface area contributed by atoms with E-state index in [1.54, 1.807) is 12.1 Å². The van der Waals surface area contributed by atoms with Crippen LogP contribution in [0.5, 0.6) is 0 Å². The molecule has 0 bridgehead atoms. The number of rotatable bonds is 5. The second kappa shape index (κ2) is 6.03. The summed E-state index contributed by atoms with van der Waals surface area (Å²) in [5.74, 6) is -1.28. The summed E-state index contributed by atoms with van der Waals surface area (Å²) in [5.41, 5.74) is 2.52. The van der Waals surface area contributed by atoms with Crippen LogP contribution in [0.15, 0.2) is 18.2 Å². The van der Waals surface area contributed by atoms with E-state index in [4.69, 9.17) is 9.84 Å². The number of ether oxygens (including phenoxy) is 1. The Bertz CT molecular complexity index is 403. The van der Waals surface area contributed by atoms with Crippen molar-refractivity contribution in [3.63, 3.8) is 0 Å². The number of carbonyl (C=O) groups excluding carboxylic acids is 1. The van der Waals surface area contributed by atoms with Crippen molar-refractivity contribution in [1.82, 2.24) is 0 Å². The molecule has 4 heteroatoms. The molecule has 0 amide bonds. The normalized spacial score (nSPS) is 10.0. The molecule has 0 aromatic heterocycles. The third-order valence-corrected chi connectivity index (χ3v) is 2.23. The average molecular weight is 236 g/mol. The quantitative estimate of drug-likeness (QED) is 0.629. The summed E-state index contributed by atoms with van der Waals surface area (Å²) in [5, 5.41) is 8.43. The van der Waals surface area contributed by atoms with Crippen molar-refractivity contribution in [1.29, 1.82) is 0 Å². The van der Waals surface area contributed by atoms with Gasteiger partial charge in [-0.2, -0.15) is 0 Å². The zero-order chi connectivity index (χ0) is 12.8. The first-order chi connectivity index (χ1) is 7.99. The molecule has 1 rings (SSSR count). The van der Waals surface area contributed by atoms with Crippen molar-refractivity contribution in [3.05, 3.63) is 34.9 Å². The third-order valence-electron chi connectivity index (χ3n) is 2.23. The van der Waals surface area contributed by atoms with Gasteiger partial charge in [0.2, 0.25) is 0 Å². The molecule has 17 heavy (non-hydrogen) atoms. The molecular formula is C13H16O4. The summed E-state index contributed by atoms with van der Waals surface area (Å²) in [6.07, 6.45) is 0.353. The van der Waals surface area contributed by atoms with Crippen LogP contribution in [0, 0.1) is 13.8 Å². The Morgan fingerprint density at radius 2 is 1.76 bits per heavy atom. The van der Waals surface area contributed by atoms with Crippen LogP contribution in [0.25, 0.3) is 0 Å². The van der Waals surface area contributed by atoms with E-state index in [9.17, 15) is 9.59 Å². The highest BCUT2D eigenvalue weighted by Gasteiger charge is 2.08. The van der Waals surface area contributed by atoms with Crippen LogP contribution >= 0.6 is 0 Å². The van der Waals surface area contributed by atoms with Gasteiger partial charge in [0.25, 0.3) is 0 Å². The molecule has 92 valence electrons. The fourth-order valence-electron chi connectivity index (χ4n) is 1.56. The van der Waals surface area contributed by atoms with Crippen molar-refractivity contribution < 1.29 is 19.4 Å². The van der Waals surface area contributed by atoms with Gasteiger partial charge in [0.05, 0.1) is 12.2 Å². The van der Waals surface area contributed by atoms with Crippen LogP contribution in [0.3, 0.4) is 0 Å². The second-order valence-electron chi connectivity index (χ2n) is 4.01. The smallest absolute Gasteiger partial charge is 0.338 e. The van der Waals surface area contributed by atoms with E-state index in [2.05, 4.69) is 0 Å². The molecule has 1 N–H and O–H groups in total. The number of aliphatic carboxylic acids is 1. The third kappa shape index (κ3) is 4.68. The van der Waals surface area contributed by atoms with Gasteiger partial charge in [0.15, 0.2) is 0 Å². The minimum absolute atomic E-state index is 0.0140.